The summed E-state index contributed by atoms with van der Waals surface area (Å²) in [4.78, 5) is 24.4. The van der Waals surface area contributed by atoms with Gasteiger partial charge in [0.2, 0.25) is 10.0 Å². The summed E-state index contributed by atoms with van der Waals surface area (Å²) in [7, 11) is -3.93. The topological polar surface area (TPSA) is 104 Å². The van der Waals surface area contributed by atoms with Crippen LogP contribution in [0.15, 0.2) is 29.2 Å². The van der Waals surface area contributed by atoms with Crippen molar-refractivity contribution in [2.45, 2.75) is 31.7 Å². The average molecular weight is 328 g/mol. The summed E-state index contributed by atoms with van der Waals surface area (Å²) >= 11 is 0. The maximum Gasteiger partial charge on any atom is 0.321 e. The quantitative estimate of drug-likeness (QED) is 0.774. The monoisotopic (exact) mass is 328 g/mol. The Bertz CT molecular complexity index is 636. The Kier molecular flexibility index (Phi) is 6.07. The Hall–Kier alpha value is -1.93. The molecule has 0 aliphatic heterocycles. The van der Waals surface area contributed by atoms with Gasteiger partial charge in [-0.15, -0.1) is 0 Å². The van der Waals surface area contributed by atoms with Crippen LogP contribution < -0.4 is 4.72 Å². The summed E-state index contributed by atoms with van der Waals surface area (Å²) < 4.78 is 26.1. The zero-order valence-electron chi connectivity index (χ0n) is 12.7. The highest BCUT2D eigenvalue weighted by molar-refractivity contribution is 7.89. The predicted molar refractivity (Wildman–Crippen MR) is 81.1 cm³/mol. The van der Waals surface area contributed by atoms with Crippen LogP contribution in [-0.2, 0) is 14.8 Å². The van der Waals surface area contributed by atoms with E-state index in [4.69, 9.17) is 5.11 Å². The Morgan fingerprint density at radius 3 is 2.09 bits per heavy atom. The van der Waals surface area contributed by atoms with Gasteiger partial charge in [0.1, 0.15) is 6.04 Å². The van der Waals surface area contributed by atoms with Crippen LogP contribution in [0.25, 0.3) is 0 Å². The summed E-state index contributed by atoms with van der Waals surface area (Å²) in [5.74, 6) is -1.45. The van der Waals surface area contributed by atoms with Gasteiger partial charge in [-0.25, -0.2) is 8.42 Å². The fraction of sp³-hybridized carbons (Fsp3) is 0.429. The molecule has 122 valence electrons. The highest BCUT2D eigenvalue weighted by Gasteiger charge is 2.22. The molecular formula is C14H20N2O5S. The Morgan fingerprint density at radius 2 is 1.68 bits per heavy atom. The number of hydrogen-bond acceptors (Lipinski definition) is 4. The van der Waals surface area contributed by atoms with Crippen molar-refractivity contribution >= 4 is 21.9 Å². The van der Waals surface area contributed by atoms with Crippen LogP contribution >= 0.6 is 0 Å². The molecule has 0 aromatic heterocycles. The lowest BCUT2D eigenvalue weighted by Crippen LogP contribution is -2.38. The van der Waals surface area contributed by atoms with Crippen molar-refractivity contribution in [3.05, 3.63) is 29.8 Å². The SMILES string of the molecule is CCN(CC)C(=O)c1ccc(S(=O)(=O)NC(C)C(=O)O)cc1. The molecule has 0 aliphatic carbocycles. The maximum atomic E-state index is 12.1. The molecule has 8 heteroatoms. The molecular weight excluding hydrogens is 308 g/mol. The molecule has 1 aromatic rings. The van der Waals surface area contributed by atoms with E-state index >= 15 is 0 Å². The zero-order chi connectivity index (χ0) is 16.9. The molecule has 7 nitrogen and oxygen atoms in total. The van der Waals surface area contributed by atoms with E-state index in [2.05, 4.69) is 0 Å². The van der Waals surface area contributed by atoms with Crippen molar-refractivity contribution < 1.29 is 23.1 Å². The summed E-state index contributed by atoms with van der Waals surface area (Å²) in [5, 5.41) is 8.75. The number of sulfonamides is 1. The number of carboxylic acids is 1. The molecule has 1 rings (SSSR count). The van der Waals surface area contributed by atoms with Crippen LogP contribution in [0.5, 0.6) is 0 Å². The molecule has 1 atom stereocenters. The first-order valence-corrected chi connectivity index (χ1v) is 8.35. The maximum absolute atomic E-state index is 12.1. The van der Waals surface area contributed by atoms with Gasteiger partial charge >= 0.3 is 5.97 Å². The molecule has 1 unspecified atom stereocenters. The molecule has 0 aliphatic rings. The normalized spacial score (nSPS) is 12.7. The van der Waals surface area contributed by atoms with Crippen molar-refractivity contribution in [3.63, 3.8) is 0 Å². The van der Waals surface area contributed by atoms with Gasteiger partial charge in [-0.1, -0.05) is 0 Å². The lowest BCUT2D eigenvalue weighted by atomic mass is 10.2. The summed E-state index contributed by atoms with van der Waals surface area (Å²) in [6.45, 7) is 6.08. The van der Waals surface area contributed by atoms with Gasteiger partial charge in [-0.3, -0.25) is 9.59 Å². The number of aliphatic carboxylic acids is 1. The number of nitrogens with zero attached hydrogens (tertiary/aromatic N) is 1. The summed E-state index contributed by atoms with van der Waals surface area (Å²) in [6, 6.07) is 4.17. The Morgan fingerprint density at radius 1 is 1.18 bits per heavy atom. The number of benzene rings is 1. The van der Waals surface area contributed by atoms with Gasteiger partial charge in [-0.2, -0.15) is 4.72 Å². The Balaban J connectivity index is 2.97. The summed E-state index contributed by atoms with van der Waals surface area (Å²) in [6.07, 6.45) is 0. The fourth-order valence-corrected chi connectivity index (χ4v) is 3.02. The summed E-state index contributed by atoms with van der Waals surface area (Å²) in [5.41, 5.74) is 0.383. The van der Waals surface area contributed by atoms with Crippen LogP contribution in [0.3, 0.4) is 0 Å². The minimum Gasteiger partial charge on any atom is -0.480 e. The van der Waals surface area contributed by atoms with Crippen molar-refractivity contribution in [3.8, 4) is 0 Å². The molecule has 0 saturated heterocycles. The van der Waals surface area contributed by atoms with Crippen LogP contribution in [-0.4, -0.2) is 49.4 Å². The molecule has 1 aromatic carbocycles. The minimum absolute atomic E-state index is 0.0864. The van der Waals surface area contributed by atoms with E-state index < -0.39 is 22.0 Å². The lowest BCUT2D eigenvalue weighted by Gasteiger charge is -2.18. The molecule has 0 spiro atoms. The second-order valence-corrected chi connectivity index (χ2v) is 6.40. The zero-order valence-corrected chi connectivity index (χ0v) is 13.6. The number of carboxylic acid groups (broad SMARTS) is 1. The Labute approximate surface area is 130 Å². The van der Waals surface area contributed by atoms with Crippen LogP contribution in [0.1, 0.15) is 31.1 Å². The fourth-order valence-electron chi connectivity index (χ4n) is 1.82. The lowest BCUT2D eigenvalue weighted by molar-refractivity contribution is -0.138. The van der Waals surface area contributed by atoms with E-state index in [0.717, 1.165) is 0 Å². The van der Waals surface area contributed by atoms with E-state index in [0.29, 0.717) is 18.7 Å². The molecule has 2 N–H and O–H groups in total. The van der Waals surface area contributed by atoms with Gasteiger partial charge in [0.25, 0.3) is 5.91 Å². The highest BCUT2D eigenvalue weighted by atomic mass is 32.2. The second-order valence-electron chi connectivity index (χ2n) is 4.68. The van der Waals surface area contributed by atoms with Crippen molar-refractivity contribution in [1.82, 2.24) is 9.62 Å². The van der Waals surface area contributed by atoms with E-state index in [1.807, 2.05) is 18.6 Å². The number of hydrogen-bond donors (Lipinski definition) is 2. The standard InChI is InChI=1S/C14H20N2O5S/c1-4-16(5-2)13(17)11-6-8-12(9-7-11)22(20,21)15-10(3)14(18)19/h6-10,15H,4-5H2,1-3H3,(H,18,19). The van der Waals surface area contributed by atoms with Crippen molar-refractivity contribution in [2.75, 3.05) is 13.1 Å². The third-order valence-corrected chi connectivity index (χ3v) is 4.72. The van der Waals surface area contributed by atoms with E-state index in [9.17, 15) is 18.0 Å². The van der Waals surface area contributed by atoms with Crippen LogP contribution in [0.2, 0.25) is 0 Å². The highest BCUT2D eigenvalue weighted by Crippen LogP contribution is 2.13. The van der Waals surface area contributed by atoms with Gasteiger partial charge in [0.05, 0.1) is 4.90 Å². The predicted octanol–water partition coefficient (Wildman–Crippen LogP) is 0.920. The molecule has 22 heavy (non-hydrogen) atoms. The first kappa shape index (κ1) is 18.1. The van der Waals surface area contributed by atoms with Crippen LogP contribution in [0.4, 0.5) is 0 Å². The molecule has 1 amide bonds. The number of carbonyl (C=O) groups excluding carboxylic acids is 1. The van der Waals surface area contributed by atoms with E-state index in [-0.39, 0.29) is 10.8 Å². The van der Waals surface area contributed by atoms with Gasteiger partial charge in [0.15, 0.2) is 0 Å². The average Bonchev–Trinajstić information content (AvgIpc) is 2.48. The van der Waals surface area contributed by atoms with Gasteiger partial charge in [-0.05, 0) is 45.0 Å². The number of rotatable bonds is 7. The van der Waals surface area contributed by atoms with Crippen molar-refractivity contribution in [1.29, 1.82) is 0 Å². The second kappa shape index (κ2) is 7.37. The molecule has 0 heterocycles. The molecule has 0 bridgehead atoms. The first-order valence-electron chi connectivity index (χ1n) is 6.87. The largest absolute Gasteiger partial charge is 0.480 e. The smallest absolute Gasteiger partial charge is 0.321 e. The van der Waals surface area contributed by atoms with Gasteiger partial charge in [0, 0.05) is 18.7 Å². The first-order chi connectivity index (χ1) is 10.2. The number of amides is 1. The van der Waals surface area contributed by atoms with Crippen molar-refractivity contribution in [2.24, 2.45) is 0 Å². The number of carbonyl (C=O) groups is 2. The number of nitrogens with one attached hydrogen (secondary N) is 1. The molecule has 0 radical (unpaired) electrons. The van der Waals surface area contributed by atoms with Crippen LogP contribution in [0, 0.1) is 0 Å². The third kappa shape index (κ3) is 4.28. The van der Waals surface area contributed by atoms with Gasteiger partial charge < -0.3 is 10.0 Å². The third-order valence-electron chi connectivity index (χ3n) is 3.16. The molecule has 0 saturated carbocycles. The van der Waals surface area contributed by atoms with E-state index in [1.165, 1.54) is 31.2 Å². The minimum atomic E-state index is -3.93. The van der Waals surface area contributed by atoms with E-state index in [1.54, 1.807) is 4.90 Å². The molecule has 0 fully saturated rings.